The molecular formula is C16H13Br2NO2. The number of hydrogen-bond acceptors (Lipinski definition) is 3. The zero-order chi connectivity index (χ0) is 14.7. The van der Waals surface area contributed by atoms with Crippen LogP contribution in [0.25, 0.3) is 0 Å². The van der Waals surface area contributed by atoms with E-state index in [4.69, 9.17) is 8.83 Å². The summed E-state index contributed by atoms with van der Waals surface area (Å²) >= 11 is 6.77. The predicted molar refractivity (Wildman–Crippen MR) is 87.9 cm³/mol. The zero-order valence-electron chi connectivity index (χ0n) is 11.1. The van der Waals surface area contributed by atoms with Gasteiger partial charge in [0.25, 0.3) is 0 Å². The van der Waals surface area contributed by atoms with Crippen molar-refractivity contribution in [2.24, 2.45) is 0 Å². The van der Waals surface area contributed by atoms with Crippen molar-refractivity contribution in [1.82, 2.24) is 5.32 Å². The van der Waals surface area contributed by atoms with Crippen molar-refractivity contribution in [3.63, 3.8) is 0 Å². The molecule has 0 bridgehead atoms. The summed E-state index contributed by atoms with van der Waals surface area (Å²) in [5.41, 5.74) is 1.15. The van der Waals surface area contributed by atoms with Gasteiger partial charge in [0.1, 0.15) is 11.5 Å². The van der Waals surface area contributed by atoms with Gasteiger partial charge in [-0.3, -0.25) is 5.32 Å². The van der Waals surface area contributed by atoms with E-state index in [0.29, 0.717) is 11.2 Å². The number of hydrogen-bond donors (Lipinski definition) is 1. The fraction of sp³-hybridized carbons (Fsp3) is 0.125. The van der Waals surface area contributed by atoms with Gasteiger partial charge in [0, 0.05) is 0 Å². The van der Waals surface area contributed by atoms with E-state index in [9.17, 15) is 0 Å². The van der Waals surface area contributed by atoms with Crippen LogP contribution in [0, 0.1) is 0 Å². The smallest absolute Gasteiger partial charge is 0.183 e. The molecule has 0 aliphatic heterocycles. The van der Waals surface area contributed by atoms with E-state index >= 15 is 0 Å². The van der Waals surface area contributed by atoms with Crippen LogP contribution in [0.2, 0.25) is 0 Å². The van der Waals surface area contributed by atoms with Gasteiger partial charge in [-0.2, -0.15) is 0 Å². The van der Waals surface area contributed by atoms with Crippen molar-refractivity contribution in [3.8, 4) is 0 Å². The molecule has 0 aliphatic rings. The Morgan fingerprint density at radius 2 is 1.86 bits per heavy atom. The summed E-state index contributed by atoms with van der Waals surface area (Å²) in [6.07, 6.45) is 1.69. The second-order valence-electron chi connectivity index (χ2n) is 4.57. The van der Waals surface area contributed by atoms with Gasteiger partial charge in [0.05, 0.1) is 23.3 Å². The summed E-state index contributed by atoms with van der Waals surface area (Å²) in [6, 6.07) is 16.0. The van der Waals surface area contributed by atoms with Gasteiger partial charge in [0.15, 0.2) is 4.67 Å². The third-order valence-electron chi connectivity index (χ3n) is 3.14. The van der Waals surface area contributed by atoms with Crippen LogP contribution in [-0.4, -0.2) is 0 Å². The Labute approximate surface area is 139 Å². The minimum Gasteiger partial charge on any atom is -0.467 e. The van der Waals surface area contributed by atoms with Gasteiger partial charge < -0.3 is 8.83 Å². The monoisotopic (exact) mass is 409 g/mol. The van der Waals surface area contributed by atoms with Gasteiger partial charge in [0.2, 0.25) is 0 Å². The molecule has 0 amide bonds. The lowest BCUT2D eigenvalue weighted by Gasteiger charge is -2.16. The molecular weight excluding hydrogens is 398 g/mol. The summed E-state index contributed by atoms with van der Waals surface area (Å²) in [4.78, 5) is 0. The van der Waals surface area contributed by atoms with Crippen molar-refractivity contribution < 1.29 is 8.83 Å². The number of furan rings is 2. The number of nitrogens with one attached hydrogen (secondary N) is 1. The highest BCUT2D eigenvalue weighted by Gasteiger charge is 2.17. The minimum atomic E-state index is -0.0103. The standard InChI is InChI=1S/C16H13Br2NO2/c17-13-9-12(21-16(13)18)10-19-15(14-7-4-8-20-14)11-5-2-1-3-6-11/h1-9,15,19H,10H2. The van der Waals surface area contributed by atoms with Gasteiger partial charge in [-0.25, -0.2) is 0 Å². The number of rotatable bonds is 5. The maximum absolute atomic E-state index is 5.59. The second-order valence-corrected chi connectivity index (χ2v) is 6.15. The molecule has 0 saturated carbocycles. The maximum Gasteiger partial charge on any atom is 0.183 e. The van der Waals surface area contributed by atoms with Crippen molar-refractivity contribution >= 4 is 31.9 Å². The molecule has 2 heterocycles. The van der Waals surface area contributed by atoms with Gasteiger partial charge in [-0.15, -0.1) is 0 Å². The zero-order valence-corrected chi connectivity index (χ0v) is 14.2. The Morgan fingerprint density at radius 3 is 2.48 bits per heavy atom. The van der Waals surface area contributed by atoms with Crippen LogP contribution in [0.4, 0.5) is 0 Å². The Kier molecular flexibility index (Phi) is 4.63. The first-order valence-electron chi connectivity index (χ1n) is 6.49. The van der Waals surface area contributed by atoms with Gasteiger partial charge in [-0.1, -0.05) is 30.3 Å². The first kappa shape index (κ1) is 14.6. The van der Waals surface area contributed by atoms with E-state index in [1.807, 2.05) is 36.4 Å². The lowest BCUT2D eigenvalue weighted by atomic mass is 10.0. The average molecular weight is 411 g/mol. The fourth-order valence-corrected chi connectivity index (χ4v) is 2.82. The molecule has 2 aromatic heterocycles. The van der Waals surface area contributed by atoms with Gasteiger partial charge >= 0.3 is 0 Å². The SMILES string of the molecule is Brc1cc(CNC(c2ccccc2)c2ccco2)oc1Br. The number of benzene rings is 1. The van der Waals surface area contributed by atoms with Crippen molar-refractivity contribution in [2.75, 3.05) is 0 Å². The molecule has 0 fully saturated rings. The largest absolute Gasteiger partial charge is 0.467 e. The fourth-order valence-electron chi connectivity index (χ4n) is 2.16. The molecule has 0 spiro atoms. The average Bonchev–Trinajstić information content (AvgIpc) is 3.12. The molecule has 0 saturated heterocycles. The quantitative estimate of drug-likeness (QED) is 0.622. The molecule has 1 atom stereocenters. The van der Waals surface area contributed by atoms with Crippen molar-refractivity contribution in [3.05, 3.63) is 81.0 Å². The molecule has 108 valence electrons. The first-order chi connectivity index (χ1) is 10.2. The van der Waals surface area contributed by atoms with E-state index < -0.39 is 0 Å². The summed E-state index contributed by atoms with van der Waals surface area (Å²) in [5.74, 6) is 1.73. The highest BCUT2D eigenvalue weighted by Crippen LogP contribution is 2.28. The van der Waals surface area contributed by atoms with Crippen LogP contribution >= 0.6 is 31.9 Å². The maximum atomic E-state index is 5.59. The van der Waals surface area contributed by atoms with Crippen LogP contribution in [0.3, 0.4) is 0 Å². The Bertz CT molecular complexity index is 673. The molecule has 21 heavy (non-hydrogen) atoms. The summed E-state index contributed by atoms with van der Waals surface area (Å²) in [5, 5.41) is 3.47. The Morgan fingerprint density at radius 1 is 1.05 bits per heavy atom. The molecule has 3 aromatic rings. The molecule has 5 heteroatoms. The van der Waals surface area contributed by atoms with Crippen molar-refractivity contribution in [2.45, 2.75) is 12.6 Å². The van der Waals surface area contributed by atoms with Gasteiger partial charge in [-0.05, 0) is 55.6 Å². The van der Waals surface area contributed by atoms with E-state index in [-0.39, 0.29) is 6.04 Å². The van der Waals surface area contributed by atoms with E-state index in [0.717, 1.165) is 21.6 Å². The van der Waals surface area contributed by atoms with Crippen molar-refractivity contribution in [1.29, 1.82) is 0 Å². The van der Waals surface area contributed by atoms with E-state index in [1.54, 1.807) is 6.26 Å². The number of halogens is 2. The lowest BCUT2D eigenvalue weighted by Crippen LogP contribution is -2.21. The molecule has 1 N–H and O–H groups in total. The summed E-state index contributed by atoms with van der Waals surface area (Å²) in [6.45, 7) is 0.602. The van der Waals surface area contributed by atoms with E-state index in [1.165, 1.54) is 0 Å². The normalized spacial score (nSPS) is 12.5. The highest BCUT2D eigenvalue weighted by atomic mass is 79.9. The third kappa shape index (κ3) is 3.48. The van der Waals surface area contributed by atoms with Crippen LogP contribution < -0.4 is 5.32 Å². The van der Waals surface area contributed by atoms with E-state index in [2.05, 4.69) is 49.3 Å². The Hall–Kier alpha value is -1.30. The third-order valence-corrected chi connectivity index (χ3v) is 4.85. The molecule has 1 aromatic carbocycles. The molecule has 0 radical (unpaired) electrons. The molecule has 3 nitrogen and oxygen atoms in total. The molecule has 0 aliphatic carbocycles. The molecule has 1 unspecified atom stereocenters. The van der Waals surface area contributed by atoms with Crippen LogP contribution in [0.5, 0.6) is 0 Å². The van der Waals surface area contributed by atoms with Crippen LogP contribution in [0.1, 0.15) is 23.1 Å². The lowest BCUT2D eigenvalue weighted by molar-refractivity contribution is 0.414. The Balaban J connectivity index is 1.80. The topological polar surface area (TPSA) is 38.3 Å². The molecule has 3 rings (SSSR count). The summed E-state index contributed by atoms with van der Waals surface area (Å²) in [7, 11) is 0. The van der Waals surface area contributed by atoms with Crippen LogP contribution in [0.15, 0.2) is 72.8 Å². The van der Waals surface area contributed by atoms with Crippen LogP contribution in [-0.2, 0) is 6.54 Å². The summed E-state index contributed by atoms with van der Waals surface area (Å²) < 4.78 is 12.8. The second kappa shape index (κ2) is 6.64. The minimum absolute atomic E-state index is 0.0103. The highest BCUT2D eigenvalue weighted by molar-refractivity contribution is 9.13. The predicted octanol–water partition coefficient (Wildman–Crippen LogP) is 5.28. The first-order valence-corrected chi connectivity index (χ1v) is 8.08.